The van der Waals surface area contributed by atoms with Gasteiger partial charge in [0.25, 0.3) is 0 Å². The Morgan fingerprint density at radius 3 is 2.42 bits per heavy atom. The van der Waals surface area contributed by atoms with Crippen molar-refractivity contribution < 1.29 is 9.53 Å². The molecule has 0 amide bonds. The van der Waals surface area contributed by atoms with E-state index in [1.807, 2.05) is 6.92 Å². The molecular formula is C14H31N3O2. The molecule has 0 fully saturated rings. The molecule has 0 saturated heterocycles. The Bertz CT molecular complexity index is 235. The lowest BCUT2D eigenvalue weighted by molar-refractivity contribution is -0.146. The van der Waals surface area contributed by atoms with E-state index in [-0.39, 0.29) is 12.0 Å². The van der Waals surface area contributed by atoms with Crippen molar-refractivity contribution in [2.75, 3.05) is 53.9 Å². The SMILES string of the molecule is CCCNC(CN(C)CCCN(C)C)C(=O)OCC. The summed E-state index contributed by atoms with van der Waals surface area (Å²) in [7, 11) is 6.20. The summed E-state index contributed by atoms with van der Waals surface area (Å²) in [5.74, 6) is -0.143. The first-order valence-electron chi connectivity index (χ1n) is 7.24. The fourth-order valence-corrected chi connectivity index (χ4v) is 1.84. The van der Waals surface area contributed by atoms with Gasteiger partial charge in [0.15, 0.2) is 0 Å². The maximum atomic E-state index is 11.8. The summed E-state index contributed by atoms with van der Waals surface area (Å²) in [6, 6.07) is -0.218. The molecule has 19 heavy (non-hydrogen) atoms. The predicted octanol–water partition coefficient (Wildman–Crippen LogP) is 0.801. The summed E-state index contributed by atoms with van der Waals surface area (Å²) in [6.07, 6.45) is 2.12. The molecule has 0 aliphatic carbocycles. The summed E-state index contributed by atoms with van der Waals surface area (Å²) >= 11 is 0. The van der Waals surface area contributed by atoms with Gasteiger partial charge in [-0.15, -0.1) is 0 Å². The Balaban J connectivity index is 4.10. The van der Waals surface area contributed by atoms with Crippen LogP contribution < -0.4 is 5.32 Å². The Morgan fingerprint density at radius 2 is 1.89 bits per heavy atom. The molecule has 0 heterocycles. The van der Waals surface area contributed by atoms with Crippen molar-refractivity contribution in [1.29, 1.82) is 0 Å². The highest BCUT2D eigenvalue weighted by Crippen LogP contribution is 1.97. The fourth-order valence-electron chi connectivity index (χ4n) is 1.84. The summed E-state index contributed by atoms with van der Waals surface area (Å²) in [5, 5.41) is 3.26. The molecule has 5 nitrogen and oxygen atoms in total. The molecule has 0 aliphatic rings. The highest BCUT2D eigenvalue weighted by molar-refractivity contribution is 5.76. The minimum Gasteiger partial charge on any atom is -0.465 e. The zero-order valence-corrected chi connectivity index (χ0v) is 13.2. The van der Waals surface area contributed by atoms with E-state index < -0.39 is 0 Å². The fraction of sp³-hybridized carbons (Fsp3) is 0.929. The van der Waals surface area contributed by atoms with E-state index in [1.165, 1.54) is 0 Å². The van der Waals surface area contributed by atoms with Crippen LogP contribution in [-0.4, -0.2) is 75.7 Å². The standard InChI is InChI=1S/C14H31N3O2/c1-6-9-15-13(14(18)19-7-2)12-17(5)11-8-10-16(3)4/h13,15H,6-12H2,1-5H3. The molecule has 0 aromatic rings. The van der Waals surface area contributed by atoms with Gasteiger partial charge in [0.1, 0.15) is 6.04 Å². The third kappa shape index (κ3) is 9.87. The molecule has 0 radical (unpaired) electrons. The number of hydrogen-bond donors (Lipinski definition) is 1. The molecule has 0 aromatic carbocycles. The molecule has 0 saturated carbocycles. The van der Waals surface area contributed by atoms with Crippen LogP contribution in [0.1, 0.15) is 26.7 Å². The second-order valence-corrected chi connectivity index (χ2v) is 5.18. The van der Waals surface area contributed by atoms with Crippen LogP contribution in [0, 0.1) is 0 Å². The summed E-state index contributed by atoms with van der Waals surface area (Å²) in [5.41, 5.74) is 0. The molecule has 0 rings (SSSR count). The molecule has 0 aliphatic heterocycles. The maximum Gasteiger partial charge on any atom is 0.324 e. The number of hydrogen-bond acceptors (Lipinski definition) is 5. The lowest BCUT2D eigenvalue weighted by Gasteiger charge is -2.24. The van der Waals surface area contributed by atoms with Gasteiger partial charge in [0.05, 0.1) is 6.61 Å². The number of esters is 1. The monoisotopic (exact) mass is 273 g/mol. The van der Waals surface area contributed by atoms with Crippen molar-refractivity contribution in [2.24, 2.45) is 0 Å². The average molecular weight is 273 g/mol. The van der Waals surface area contributed by atoms with E-state index in [2.05, 4.69) is 43.2 Å². The van der Waals surface area contributed by atoms with Crippen LogP contribution in [0.3, 0.4) is 0 Å². The Kier molecular flexibility index (Phi) is 10.8. The number of nitrogens with zero attached hydrogens (tertiary/aromatic N) is 2. The number of likely N-dealkylation sites (N-methyl/N-ethyl adjacent to an activating group) is 1. The zero-order valence-electron chi connectivity index (χ0n) is 13.2. The number of carbonyl (C=O) groups excluding carboxylic acids is 1. The van der Waals surface area contributed by atoms with E-state index in [0.717, 1.165) is 32.5 Å². The van der Waals surface area contributed by atoms with Crippen molar-refractivity contribution in [3.8, 4) is 0 Å². The van der Waals surface area contributed by atoms with Crippen LogP contribution in [0.25, 0.3) is 0 Å². The highest BCUT2D eigenvalue weighted by Gasteiger charge is 2.20. The van der Waals surface area contributed by atoms with Gasteiger partial charge in [-0.25, -0.2) is 0 Å². The van der Waals surface area contributed by atoms with Gasteiger partial charge in [0, 0.05) is 6.54 Å². The second-order valence-electron chi connectivity index (χ2n) is 5.18. The van der Waals surface area contributed by atoms with Crippen molar-refractivity contribution in [3.05, 3.63) is 0 Å². The first kappa shape index (κ1) is 18.4. The van der Waals surface area contributed by atoms with Gasteiger partial charge in [-0.3, -0.25) is 4.79 Å². The quantitative estimate of drug-likeness (QED) is 0.564. The van der Waals surface area contributed by atoms with E-state index >= 15 is 0 Å². The molecule has 0 spiro atoms. The van der Waals surface area contributed by atoms with Crippen LogP contribution >= 0.6 is 0 Å². The predicted molar refractivity (Wildman–Crippen MR) is 79.4 cm³/mol. The van der Waals surface area contributed by atoms with Gasteiger partial charge in [-0.1, -0.05) is 6.92 Å². The van der Waals surface area contributed by atoms with Crippen LogP contribution in [0.5, 0.6) is 0 Å². The van der Waals surface area contributed by atoms with Gasteiger partial charge < -0.3 is 19.9 Å². The Hall–Kier alpha value is -0.650. The average Bonchev–Trinajstić information content (AvgIpc) is 2.34. The lowest BCUT2D eigenvalue weighted by Crippen LogP contribution is -2.46. The normalized spacial score (nSPS) is 13.0. The van der Waals surface area contributed by atoms with Crippen LogP contribution in [-0.2, 0) is 9.53 Å². The minimum absolute atomic E-state index is 0.143. The summed E-state index contributed by atoms with van der Waals surface area (Å²) in [6.45, 7) is 7.97. The topological polar surface area (TPSA) is 44.8 Å². The molecule has 114 valence electrons. The van der Waals surface area contributed by atoms with E-state index in [4.69, 9.17) is 4.74 Å². The third-order valence-corrected chi connectivity index (χ3v) is 2.85. The van der Waals surface area contributed by atoms with Gasteiger partial charge >= 0.3 is 5.97 Å². The molecule has 0 bridgehead atoms. The first-order chi connectivity index (χ1) is 9.01. The number of carbonyl (C=O) groups is 1. The van der Waals surface area contributed by atoms with Gasteiger partial charge in [-0.2, -0.15) is 0 Å². The van der Waals surface area contributed by atoms with Gasteiger partial charge in [-0.05, 0) is 60.5 Å². The number of rotatable bonds is 11. The molecule has 1 atom stereocenters. The summed E-state index contributed by atoms with van der Waals surface area (Å²) in [4.78, 5) is 16.2. The molecule has 1 unspecified atom stereocenters. The van der Waals surface area contributed by atoms with Crippen LogP contribution in [0.4, 0.5) is 0 Å². The van der Waals surface area contributed by atoms with E-state index in [0.29, 0.717) is 13.2 Å². The zero-order chi connectivity index (χ0) is 14.7. The van der Waals surface area contributed by atoms with Crippen LogP contribution in [0.15, 0.2) is 0 Å². The van der Waals surface area contributed by atoms with Crippen molar-refractivity contribution in [1.82, 2.24) is 15.1 Å². The minimum atomic E-state index is -0.218. The second kappa shape index (κ2) is 11.2. The summed E-state index contributed by atoms with van der Waals surface area (Å²) < 4.78 is 5.11. The number of nitrogens with one attached hydrogen (secondary N) is 1. The smallest absolute Gasteiger partial charge is 0.324 e. The van der Waals surface area contributed by atoms with Crippen LogP contribution in [0.2, 0.25) is 0 Å². The Morgan fingerprint density at radius 1 is 1.21 bits per heavy atom. The van der Waals surface area contributed by atoms with Gasteiger partial charge in [0.2, 0.25) is 0 Å². The molecule has 5 heteroatoms. The van der Waals surface area contributed by atoms with Crippen molar-refractivity contribution >= 4 is 5.97 Å². The Labute approximate surface area is 118 Å². The van der Waals surface area contributed by atoms with Crippen molar-refractivity contribution in [3.63, 3.8) is 0 Å². The lowest BCUT2D eigenvalue weighted by atomic mass is 10.2. The molecular weight excluding hydrogens is 242 g/mol. The van der Waals surface area contributed by atoms with E-state index in [9.17, 15) is 4.79 Å². The molecule has 0 aromatic heterocycles. The first-order valence-corrected chi connectivity index (χ1v) is 7.24. The highest BCUT2D eigenvalue weighted by atomic mass is 16.5. The van der Waals surface area contributed by atoms with Crippen molar-refractivity contribution in [2.45, 2.75) is 32.7 Å². The largest absolute Gasteiger partial charge is 0.465 e. The number of ether oxygens (including phenoxy) is 1. The van der Waals surface area contributed by atoms with E-state index in [1.54, 1.807) is 0 Å². The maximum absolute atomic E-state index is 11.8. The molecule has 1 N–H and O–H groups in total. The third-order valence-electron chi connectivity index (χ3n) is 2.85.